The van der Waals surface area contributed by atoms with Crippen molar-refractivity contribution >= 4 is 5.91 Å². The zero-order valence-electron chi connectivity index (χ0n) is 22.1. The summed E-state index contributed by atoms with van der Waals surface area (Å²) in [6.07, 6.45) is 8.60. The van der Waals surface area contributed by atoms with Gasteiger partial charge in [-0.05, 0) is 74.5 Å². The van der Waals surface area contributed by atoms with E-state index in [2.05, 4.69) is 31.1 Å². The lowest BCUT2D eigenvalue weighted by Gasteiger charge is -2.31. The van der Waals surface area contributed by atoms with Crippen LogP contribution in [0.4, 0.5) is 4.39 Å². The molecule has 1 fully saturated rings. The van der Waals surface area contributed by atoms with Gasteiger partial charge in [0.15, 0.2) is 0 Å². The summed E-state index contributed by atoms with van der Waals surface area (Å²) in [7, 11) is 0. The average molecular weight is 500 g/mol. The molecule has 1 N–H and O–H groups in total. The van der Waals surface area contributed by atoms with Crippen LogP contribution in [0.2, 0.25) is 0 Å². The third-order valence-electron chi connectivity index (χ3n) is 6.60. The van der Waals surface area contributed by atoms with Crippen LogP contribution in [0.5, 0.6) is 11.5 Å². The summed E-state index contributed by atoms with van der Waals surface area (Å²) in [6.45, 7) is 10.2. The molecule has 198 valence electrons. The molecule has 4 rings (SSSR count). The van der Waals surface area contributed by atoms with Gasteiger partial charge in [-0.3, -0.25) is 9.78 Å². The molecule has 0 aliphatic carbocycles. The minimum absolute atomic E-state index is 0.0506. The highest BCUT2D eigenvalue weighted by atomic mass is 19.1. The molecule has 1 aromatic carbocycles. The Morgan fingerprint density at radius 3 is 2.61 bits per heavy atom. The predicted octanol–water partition coefficient (Wildman–Crippen LogP) is 5.89. The molecule has 1 atom stereocenters. The number of nitrogens with one attached hydrogen (secondary N) is 1. The molecule has 2 aromatic rings. The first-order valence-electron chi connectivity index (χ1n) is 13.5. The van der Waals surface area contributed by atoms with Gasteiger partial charge in [-0.25, -0.2) is 4.39 Å². The van der Waals surface area contributed by atoms with Crippen molar-refractivity contribution in [2.24, 2.45) is 5.92 Å². The predicted molar refractivity (Wildman–Crippen MR) is 141 cm³/mol. The van der Waals surface area contributed by atoms with Crippen molar-refractivity contribution < 1.29 is 18.7 Å². The fourth-order valence-corrected chi connectivity index (χ4v) is 4.60. The maximum atomic E-state index is 13.2. The van der Waals surface area contributed by atoms with Crippen LogP contribution in [-0.2, 0) is 22.5 Å². The van der Waals surface area contributed by atoms with Crippen molar-refractivity contribution in [2.75, 3.05) is 26.3 Å². The van der Waals surface area contributed by atoms with E-state index in [9.17, 15) is 9.18 Å². The third kappa shape index (κ3) is 8.56. The molecule has 1 aromatic heterocycles. The van der Waals surface area contributed by atoms with Crippen LogP contribution < -0.4 is 10.1 Å². The van der Waals surface area contributed by atoms with Crippen LogP contribution in [0.15, 0.2) is 36.5 Å². The summed E-state index contributed by atoms with van der Waals surface area (Å²) < 4.78 is 24.4. The number of hydrogen-bond acceptors (Lipinski definition) is 5. The van der Waals surface area contributed by atoms with Crippen molar-refractivity contribution in [3.05, 3.63) is 53.6 Å². The van der Waals surface area contributed by atoms with E-state index in [1.165, 1.54) is 18.6 Å². The van der Waals surface area contributed by atoms with Gasteiger partial charge in [0.1, 0.15) is 17.3 Å². The molecule has 6 nitrogen and oxygen atoms in total. The van der Waals surface area contributed by atoms with Crippen LogP contribution in [-0.4, -0.2) is 48.1 Å². The van der Waals surface area contributed by atoms with Crippen molar-refractivity contribution in [1.82, 2.24) is 15.2 Å². The fraction of sp³-hybridized carbons (Fsp3) is 0.586. The standard InChI is InChI=1S/C26H34FN3O3.C3H8/c1-2-19(4-3-12-28-22-10-14-32-15-11-22)26(31)30-13-9-25-20(18-30)16-24(17-29-25)33-23-7-5-21(27)6-8-23;1-3-2/h5-8,16-17,19,22,28H,2-4,9-15,18H2,1H3;3H2,1-2H3/t19-;/m1./s1. The highest BCUT2D eigenvalue weighted by molar-refractivity contribution is 5.79. The van der Waals surface area contributed by atoms with Gasteiger partial charge in [0, 0.05) is 50.4 Å². The first-order valence-corrected chi connectivity index (χ1v) is 13.5. The van der Waals surface area contributed by atoms with Gasteiger partial charge in [0.25, 0.3) is 0 Å². The van der Waals surface area contributed by atoms with E-state index in [1.807, 2.05) is 11.0 Å². The van der Waals surface area contributed by atoms with Gasteiger partial charge in [-0.1, -0.05) is 27.2 Å². The van der Waals surface area contributed by atoms with Crippen molar-refractivity contribution in [3.63, 3.8) is 0 Å². The number of carbonyl (C=O) groups is 1. The highest BCUT2D eigenvalue weighted by Gasteiger charge is 2.27. The van der Waals surface area contributed by atoms with Gasteiger partial charge < -0.3 is 19.7 Å². The number of amides is 1. The molecule has 2 aliphatic heterocycles. The van der Waals surface area contributed by atoms with E-state index in [1.54, 1.807) is 18.3 Å². The van der Waals surface area contributed by atoms with Gasteiger partial charge in [-0.2, -0.15) is 0 Å². The monoisotopic (exact) mass is 499 g/mol. The Kier molecular flexibility index (Phi) is 11.6. The summed E-state index contributed by atoms with van der Waals surface area (Å²) >= 11 is 0. The third-order valence-corrected chi connectivity index (χ3v) is 6.60. The summed E-state index contributed by atoms with van der Waals surface area (Å²) in [5, 5.41) is 3.61. The van der Waals surface area contributed by atoms with Crippen molar-refractivity contribution in [1.29, 1.82) is 0 Å². The molecule has 2 aliphatic rings. The molecular formula is C29H42FN3O3. The molecule has 0 bridgehead atoms. The van der Waals surface area contributed by atoms with E-state index < -0.39 is 0 Å². The fourth-order valence-electron chi connectivity index (χ4n) is 4.60. The smallest absolute Gasteiger partial charge is 0.225 e. The topological polar surface area (TPSA) is 63.7 Å². The SMILES string of the molecule is CCC.CC[C@H](CCCNC1CCOCC1)C(=O)N1CCc2ncc(Oc3ccc(F)cc3)cc2C1. The van der Waals surface area contributed by atoms with Crippen LogP contribution >= 0.6 is 0 Å². The number of hydrogen-bond donors (Lipinski definition) is 1. The Morgan fingerprint density at radius 2 is 1.92 bits per heavy atom. The molecule has 3 heterocycles. The summed E-state index contributed by atoms with van der Waals surface area (Å²) in [5.74, 6) is 1.14. The lowest BCUT2D eigenvalue weighted by atomic mass is 9.96. The molecule has 1 amide bonds. The molecule has 0 spiro atoms. The maximum Gasteiger partial charge on any atom is 0.225 e. The van der Waals surface area contributed by atoms with Gasteiger partial charge in [0.2, 0.25) is 5.91 Å². The number of fused-ring (bicyclic) bond motifs is 1. The molecular weight excluding hydrogens is 457 g/mol. The first-order chi connectivity index (χ1) is 17.5. The van der Waals surface area contributed by atoms with Crippen LogP contribution in [0.25, 0.3) is 0 Å². The van der Waals surface area contributed by atoms with E-state index in [0.29, 0.717) is 30.6 Å². The highest BCUT2D eigenvalue weighted by Crippen LogP contribution is 2.27. The summed E-state index contributed by atoms with van der Waals surface area (Å²) in [5.41, 5.74) is 2.03. The van der Waals surface area contributed by atoms with E-state index in [4.69, 9.17) is 9.47 Å². The zero-order valence-corrected chi connectivity index (χ0v) is 22.1. The molecule has 0 radical (unpaired) electrons. The van der Waals surface area contributed by atoms with Gasteiger partial charge in [0.05, 0.1) is 6.20 Å². The van der Waals surface area contributed by atoms with Gasteiger partial charge >= 0.3 is 0 Å². The Balaban J connectivity index is 0.00000115. The molecule has 0 saturated carbocycles. The number of benzene rings is 1. The number of aromatic nitrogens is 1. The molecule has 0 unspecified atom stereocenters. The summed E-state index contributed by atoms with van der Waals surface area (Å²) in [4.78, 5) is 19.8. The lowest BCUT2D eigenvalue weighted by Crippen LogP contribution is -2.40. The maximum absolute atomic E-state index is 13.2. The average Bonchev–Trinajstić information content (AvgIpc) is 2.90. The second kappa shape index (κ2) is 14.9. The molecule has 7 heteroatoms. The summed E-state index contributed by atoms with van der Waals surface area (Å²) in [6, 6.07) is 8.41. The quantitative estimate of drug-likeness (QED) is 0.436. The van der Waals surface area contributed by atoms with E-state index in [-0.39, 0.29) is 17.6 Å². The number of ether oxygens (including phenoxy) is 2. The minimum atomic E-state index is -0.301. The number of carbonyl (C=O) groups excluding carboxylic acids is 1. The zero-order chi connectivity index (χ0) is 25.8. The lowest BCUT2D eigenvalue weighted by molar-refractivity contribution is -0.136. The largest absolute Gasteiger partial charge is 0.456 e. The van der Waals surface area contributed by atoms with Crippen LogP contribution in [0.1, 0.15) is 70.6 Å². The number of halogens is 1. The van der Waals surface area contributed by atoms with Crippen LogP contribution in [0, 0.1) is 11.7 Å². The second-order valence-corrected chi connectivity index (χ2v) is 9.64. The van der Waals surface area contributed by atoms with E-state index in [0.717, 1.165) is 69.5 Å². The van der Waals surface area contributed by atoms with E-state index >= 15 is 0 Å². The Labute approximate surface area is 215 Å². The van der Waals surface area contributed by atoms with Crippen molar-refractivity contribution in [3.8, 4) is 11.5 Å². The molecule has 36 heavy (non-hydrogen) atoms. The number of rotatable bonds is 9. The Morgan fingerprint density at radius 1 is 1.19 bits per heavy atom. The number of pyridine rings is 1. The van der Waals surface area contributed by atoms with Gasteiger partial charge in [-0.15, -0.1) is 0 Å². The second-order valence-electron chi connectivity index (χ2n) is 9.64. The van der Waals surface area contributed by atoms with Crippen molar-refractivity contribution in [2.45, 2.75) is 78.3 Å². The minimum Gasteiger partial charge on any atom is -0.456 e. The Bertz CT molecular complexity index is 932. The normalized spacial score (nSPS) is 16.5. The first kappa shape index (κ1) is 28.1. The van der Waals surface area contributed by atoms with Crippen LogP contribution in [0.3, 0.4) is 0 Å². The number of nitrogens with zero attached hydrogens (tertiary/aromatic N) is 2. The molecule has 1 saturated heterocycles. The Hall–Kier alpha value is -2.51.